The Bertz CT molecular complexity index is 516. The van der Waals surface area contributed by atoms with Crippen LogP contribution in [0.25, 0.3) is 5.65 Å². The van der Waals surface area contributed by atoms with E-state index in [0.29, 0.717) is 11.1 Å². The number of fused-ring (bicyclic) bond motifs is 1. The molecule has 0 aromatic carbocycles. The monoisotopic (exact) mass is 233 g/mol. The van der Waals surface area contributed by atoms with Gasteiger partial charge in [0.1, 0.15) is 5.82 Å². The number of hydrogen-bond acceptors (Lipinski definition) is 6. The van der Waals surface area contributed by atoms with Crippen LogP contribution in [0.15, 0.2) is 12.1 Å². The van der Waals surface area contributed by atoms with Gasteiger partial charge in [0.05, 0.1) is 0 Å². The lowest BCUT2D eigenvalue weighted by Crippen LogP contribution is -2.20. The van der Waals surface area contributed by atoms with Crippen molar-refractivity contribution in [2.75, 3.05) is 18.4 Å². The molecule has 3 rings (SSSR count). The molecule has 17 heavy (non-hydrogen) atoms. The maximum absolute atomic E-state index is 5.61. The fourth-order valence-corrected chi connectivity index (χ4v) is 2.02. The molecule has 0 atom stereocenters. The molecule has 1 aliphatic carbocycles. The van der Waals surface area contributed by atoms with E-state index in [9.17, 15) is 0 Å². The van der Waals surface area contributed by atoms with Crippen molar-refractivity contribution in [3.05, 3.63) is 12.1 Å². The normalized spacial score (nSPS) is 17.2. The fourth-order valence-electron chi connectivity index (χ4n) is 2.02. The molecule has 2 aromatic rings. The second-order valence-corrected chi connectivity index (χ2v) is 4.64. The molecule has 0 bridgehead atoms. The first-order chi connectivity index (χ1) is 8.31. The molecule has 0 aliphatic heterocycles. The van der Waals surface area contributed by atoms with E-state index in [1.54, 1.807) is 0 Å². The van der Waals surface area contributed by atoms with Crippen LogP contribution in [0, 0.1) is 5.41 Å². The van der Waals surface area contributed by atoms with Crippen LogP contribution in [0.4, 0.5) is 5.82 Å². The van der Waals surface area contributed by atoms with Crippen molar-refractivity contribution in [1.82, 2.24) is 25.3 Å². The lowest BCUT2D eigenvalue weighted by atomic mass is 10.0. The van der Waals surface area contributed by atoms with Gasteiger partial charge in [-0.2, -0.15) is 0 Å². The molecule has 1 saturated carbocycles. The summed E-state index contributed by atoms with van der Waals surface area (Å²) >= 11 is 0. The molecule has 7 nitrogen and oxygen atoms in total. The molecule has 2 heterocycles. The molecule has 0 radical (unpaired) electrons. The Morgan fingerprint density at radius 3 is 3.06 bits per heavy atom. The van der Waals surface area contributed by atoms with Gasteiger partial charge in [-0.25, -0.2) is 0 Å². The SMILES string of the molecule is NCCC1(CNc2ccc3nnnn3n2)CC1. The zero-order chi connectivity index (χ0) is 11.7. The predicted octanol–water partition coefficient (Wildman–Crippen LogP) is 0.0602. The minimum atomic E-state index is 0.395. The standard InChI is InChI=1S/C10H15N7/c11-6-5-10(3-4-10)7-12-8-1-2-9-13-15-16-17(9)14-8/h1-2H,3-7,11H2,(H,12,14). The Labute approximate surface area is 98.4 Å². The summed E-state index contributed by atoms with van der Waals surface area (Å²) in [5.74, 6) is 0.799. The molecule has 7 heteroatoms. The first-order valence-electron chi connectivity index (χ1n) is 5.81. The van der Waals surface area contributed by atoms with E-state index in [-0.39, 0.29) is 0 Å². The highest BCUT2D eigenvalue weighted by Gasteiger charge is 2.41. The fraction of sp³-hybridized carbons (Fsp3) is 0.600. The molecule has 0 unspecified atom stereocenters. The minimum absolute atomic E-state index is 0.395. The van der Waals surface area contributed by atoms with Gasteiger partial charge in [-0.15, -0.1) is 14.8 Å². The number of nitrogens with one attached hydrogen (secondary N) is 1. The summed E-state index contributed by atoms with van der Waals surface area (Å²) < 4.78 is 1.42. The number of hydrogen-bond donors (Lipinski definition) is 2. The topological polar surface area (TPSA) is 94.0 Å². The largest absolute Gasteiger partial charge is 0.368 e. The van der Waals surface area contributed by atoms with E-state index in [2.05, 4.69) is 25.9 Å². The van der Waals surface area contributed by atoms with Crippen LogP contribution in [0.5, 0.6) is 0 Å². The molecule has 3 N–H and O–H groups in total. The van der Waals surface area contributed by atoms with Crippen molar-refractivity contribution in [2.24, 2.45) is 11.1 Å². The summed E-state index contributed by atoms with van der Waals surface area (Å²) in [4.78, 5) is 0. The van der Waals surface area contributed by atoms with Gasteiger partial charge in [0, 0.05) is 6.54 Å². The molecule has 90 valence electrons. The Balaban J connectivity index is 1.68. The van der Waals surface area contributed by atoms with Gasteiger partial charge in [-0.05, 0) is 53.8 Å². The number of rotatable bonds is 5. The second-order valence-electron chi connectivity index (χ2n) is 4.64. The summed E-state index contributed by atoms with van der Waals surface area (Å²) in [7, 11) is 0. The van der Waals surface area contributed by atoms with Crippen molar-refractivity contribution in [3.8, 4) is 0 Å². The van der Waals surface area contributed by atoms with E-state index in [4.69, 9.17) is 5.73 Å². The van der Waals surface area contributed by atoms with E-state index >= 15 is 0 Å². The molecule has 2 aromatic heterocycles. The summed E-state index contributed by atoms with van der Waals surface area (Å²) in [6, 6.07) is 3.74. The predicted molar refractivity (Wildman–Crippen MR) is 62.4 cm³/mol. The number of nitrogens with two attached hydrogens (primary N) is 1. The van der Waals surface area contributed by atoms with Crippen LogP contribution < -0.4 is 11.1 Å². The van der Waals surface area contributed by atoms with E-state index in [1.807, 2.05) is 12.1 Å². The number of aromatic nitrogens is 5. The molecule has 1 fully saturated rings. The third kappa shape index (κ3) is 2.05. The first-order valence-corrected chi connectivity index (χ1v) is 5.81. The number of tetrazole rings is 1. The van der Waals surface area contributed by atoms with Crippen LogP contribution in [0.1, 0.15) is 19.3 Å². The minimum Gasteiger partial charge on any atom is -0.368 e. The van der Waals surface area contributed by atoms with Gasteiger partial charge >= 0.3 is 0 Å². The van der Waals surface area contributed by atoms with Crippen molar-refractivity contribution in [2.45, 2.75) is 19.3 Å². The average molecular weight is 233 g/mol. The van der Waals surface area contributed by atoms with Gasteiger partial charge in [0.25, 0.3) is 0 Å². The van der Waals surface area contributed by atoms with E-state index < -0.39 is 0 Å². The number of anilines is 1. The molecular weight excluding hydrogens is 218 g/mol. The molecule has 0 saturated heterocycles. The molecule has 1 aliphatic rings. The highest BCUT2D eigenvalue weighted by molar-refractivity contribution is 5.42. The quantitative estimate of drug-likeness (QED) is 0.758. The Morgan fingerprint density at radius 1 is 1.41 bits per heavy atom. The maximum atomic E-state index is 5.61. The third-order valence-electron chi connectivity index (χ3n) is 3.35. The van der Waals surface area contributed by atoms with Crippen LogP contribution in [-0.4, -0.2) is 38.3 Å². The summed E-state index contributed by atoms with van der Waals surface area (Å²) in [5.41, 5.74) is 6.66. The summed E-state index contributed by atoms with van der Waals surface area (Å²) in [6.45, 7) is 1.67. The summed E-state index contributed by atoms with van der Waals surface area (Å²) in [5, 5.41) is 18.7. The summed E-state index contributed by atoms with van der Waals surface area (Å²) in [6.07, 6.45) is 3.59. The third-order valence-corrected chi connectivity index (χ3v) is 3.35. The van der Waals surface area contributed by atoms with E-state index in [1.165, 1.54) is 17.5 Å². The van der Waals surface area contributed by atoms with Crippen molar-refractivity contribution < 1.29 is 0 Å². The van der Waals surface area contributed by atoms with Crippen molar-refractivity contribution in [3.63, 3.8) is 0 Å². The first kappa shape index (κ1) is 10.4. The Kier molecular flexibility index (Phi) is 2.40. The molecular formula is C10H15N7. The van der Waals surface area contributed by atoms with Gasteiger partial charge in [0.2, 0.25) is 0 Å². The number of nitrogens with zero attached hydrogens (tertiary/aromatic N) is 5. The van der Waals surface area contributed by atoms with Crippen molar-refractivity contribution in [1.29, 1.82) is 0 Å². The zero-order valence-corrected chi connectivity index (χ0v) is 9.50. The van der Waals surface area contributed by atoms with Gasteiger partial charge < -0.3 is 11.1 Å². The maximum Gasteiger partial charge on any atom is 0.200 e. The van der Waals surface area contributed by atoms with Gasteiger partial charge in [-0.1, -0.05) is 0 Å². The highest BCUT2D eigenvalue weighted by atomic mass is 15.6. The molecule has 0 spiro atoms. The van der Waals surface area contributed by atoms with Crippen molar-refractivity contribution >= 4 is 11.5 Å². The van der Waals surface area contributed by atoms with Gasteiger partial charge in [0.15, 0.2) is 5.65 Å². The van der Waals surface area contributed by atoms with Crippen LogP contribution in [-0.2, 0) is 0 Å². The smallest absolute Gasteiger partial charge is 0.200 e. The van der Waals surface area contributed by atoms with Gasteiger partial charge in [-0.3, -0.25) is 0 Å². The van der Waals surface area contributed by atoms with E-state index in [0.717, 1.165) is 25.3 Å². The lowest BCUT2D eigenvalue weighted by Gasteiger charge is -2.14. The average Bonchev–Trinajstić information content (AvgIpc) is 2.95. The highest BCUT2D eigenvalue weighted by Crippen LogP contribution is 2.48. The van der Waals surface area contributed by atoms with Crippen LogP contribution >= 0.6 is 0 Å². The van der Waals surface area contributed by atoms with Crippen LogP contribution in [0.3, 0.4) is 0 Å². The Hall–Kier alpha value is -1.76. The second kappa shape index (κ2) is 3.92. The molecule has 0 amide bonds. The Morgan fingerprint density at radius 2 is 2.29 bits per heavy atom. The lowest BCUT2D eigenvalue weighted by molar-refractivity contribution is 0.500. The zero-order valence-electron chi connectivity index (χ0n) is 9.50. The van der Waals surface area contributed by atoms with Crippen LogP contribution in [0.2, 0.25) is 0 Å².